The molecule has 0 aliphatic carbocycles. The van der Waals surface area contributed by atoms with Gasteiger partial charge in [0.2, 0.25) is 11.7 Å². The monoisotopic (exact) mass is 366 g/mol. The van der Waals surface area contributed by atoms with Gasteiger partial charge in [-0.3, -0.25) is 4.79 Å². The zero-order valence-corrected chi connectivity index (χ0v) is 13.8. The Morgan fingerprint density at radius 3 is 2.65 bits per heavy atom. The van der Waals surface area contributed by atoms with Gasteiger partial charge in [0.25, 0.3) is 0 Å². The summed E-state index contributed by atoms with van der Waals surface area (Å²) in [5.74, 6) is -1.52. The van der Waals surface area contributed by atoms with E-state index >= 15 is 0 Å². The highest BCUT2D eigenvalue weighted by Gasteiger charge is 2.46. The van der Waals surface area contributed by atoms with E-state index in [4.69, 9.17) is 0 Å². The number of aromatic nitrogens is 2. The molecule has 2 aromatic rings. The van der Waals surface area contributed by atoms with Gasteiger partial charge in [-0.1, -0.05) is 5.16 Å². The molecule has 1 N–H and O–H groups in total. The van der Waals surface area contributed by atoms with Crippen LogP contribution in [0.2, 0.25) is 0 Å². The highest BCUT2D eigenvalue weighted by molar-refractivity contribution is 5.96. The van der Waals surface area contributed by atoms with Crippen molar-refractivity contribution in [2.45, 2.75) is 25.4 Å². The Balaban J connectivity index is 1.46. The Labute approximate surface area is 147 Å². The minimum absolute atomic E-state index is 0.00590. The predicted molar refractivity (Wildman–Crippen MR) is 86.1 cm³/mol. The van der Waals surface area contributed by atoms with Crippen LogP contribution >= 0.6 is 0 Å². The summed E-state index contributed by atoms with van der Waals surface area (Å²) in [5.41, 5.74) is 0.647. The van der Waals surface area contributed by atoms with Crippen LogP contribution in [0.1, 0.15) is 25.2 Å². The maximum Gasteiger partial charge on any atom is 0.471 e. The van der Waals surface area contributed by atoms with Gasteiger partial charge in [-0.15, -0.1) is 0 Å². The number of carbonyl (C=O) groups excluding carboxylic acids is 1. The van der Waals surface area contributed by atoms with Crippen molar-refractivity contribution in [2.75, 3.05) is 25.0 Å². The van der Waals surface area contributed by atoms with Gasteiger partial charge in [-0.2, -0.15) is 18.2 Å². The number of alkyl halides is 3. The average molecular weight is 366 g/mol. The number of piperidine rings is 1. The first-order valence-corrected chi connectivity index (χ1v) is 8.41. The number of nitrogens with one attached hydrogen (secondary N) is 1. The number of benzene rings is 1. The van der Waals surface area contributed by atoms with Crippen LogP contribution < -0.4 is 5.32 Å². The van der Waals surface area contributed by atoms with Crippen molar-refractivity contribution < 1.29 is 22.5 Å². The Kier molecular flexibility index (Phi) is 3.98. The van der Waals surface area contributed by atoms with E-state index in [0.29, 0.717) is 11.3 Å². The van der Waals surface area contributed by atoms with E-state index in [1.165, 1.54) is 0 Å². The summed E-state index contributed by atoms with van der Waals surface area (Å²) in [4.78, 5) is 18.4. The normalized spacial score (nSPS) is 25.3. The van der Waals surface area contributed by atoms with Crippen molar-refractivity contribution in [3.63, 3.8) is 0 Å². The van der Waals surface area contributed by atoms with Gasteiger partial charge in [-0.05, 0) is 56.6 Å². The molecule has 4 rings (SSSR count). The summed E-state index contributed by atoms with van der Waals surface area (Å²) < 4.78 is 41.8. The van der Waals surface area contributed by atoms with Gasteiger partial charge in [-0.25, -0.2) is 0 Å². The molecular formula is C17H17F3N4O2. The molecule has 1 aromatic heterocycles. The van der Waals surface area contributed by atoms with Gasteiger partial charge >= 0.3 is 12.1 Å². The largest absolute Gasteiger partial charge is 0.471 e. The third-order valence-corrected chi connectivity index (χ3v) is 5.11. The van der Waals surface area contributed by atoms with Crippen LogP contribution in [-0.2, 0) is 11.0 Å². The molecule has 6 nitrogen and oxygen atoms in total. The molecule has 2 aliphatic rings. The van der Waals surface area contributed by atoms with E-state index in [9.17, 15) is 18.0 Å². The first-order valence-electron chi connectivity index (χ1n) is 8.41. The molecule has 0 radical (unpaired) electrons. The minimum atomic E-state index is -4.67. The highest BCUT2D eigenvalue weighted by atomic mass is 19.4. The van der Waals surface area contributed by atoms with E-state index in [1.54, 1.807) is 24.3 Å². The molecule has 26 heavy (non-hydrogen) atoms. The molecule has 0 saturated carbocycles. The predicted octanol–water partition coefficient (Wildman–Crippen LogP) is 3.18. The molecule has 2 unspecified atom stereocenters. The second kappa shape index (κ2) is 6.08. The first kappa shape index (κ1) is 17.0. The van der Waals surface area contributed by atoms with Gasteiger partial charge < -0.3 is 14.7 Å². The molecule has 2 saturated heterocycles. The standard InChI is InChI=1S/C17H17F3N4O2/c18-17(19,20)15-22-13(23-26-15)11-2-4-12(5-3-11)21-14(25)16-6-1-8-24(10-16)9-7-16/h2-5H,1,6-10H2,(H,21,25). The Morgan fingerprint density at radius 1 is 1.19 bits per heavy atom. The Morgan fingerprint density at radius 2 is 1.96 bits per heavy atom. The van der Waals surface area contributed by atoms with Crippen molar-refractivity contribution >= 4 is 11.6 Å². The molecule has 1 amide bonds. The van der Waals surface area contributed by atoms with Crippen molar-refractivity contribution in [1.82, 2.24) is 15.0 Å². The lowest BCUT2D eigenvalue weighted by atomic mass is 9.80. The first-order chi connectivity index (χ1) is 12.4. The number of nitrogens with zero attached hydrogens (tertiary/aromatic N) is 3. The van der Waals surface area contributed by atoms with Gasteiger partial charge in [0.1, 0.15) is 0 Å². The molecule has 2 aliphatic heterocycles. The average Bonchev–Trinajstić information content (AvgIpc) is 3.21. The smallest absolute Gasteiger partial charge is 0.329 e. The second-order valence-corrected chi connectivity index (χ2v) is 6.86. The summed E-state index contributed by atoms with van der Waals surface area (Å²) in [6.07, 6.45) is -1.91. The highest BCUT2D eigenvalue weighted by Crippen LogP contribution is 2.40. The summed E-state index contributed by atoms with van der Waals surface area (Å²) in [6, 6.07) is 6.37. The lowest BCUT2D eigenvalue weighted by Gasteiger charge is -2.32. The Bertz CT molecular complexity index is 814. The number of rotatable bonds is 3. The fraction of sp³-hybridized carbons (Fsp3) is 0.471. The number of fused-ring (bicyclic) bond motifs is 2. The third-order valence-electron chi connectivity index (χ3n) is 5.11. The van der Waals surface area contributed by atoms with Crippen LogP contribution in [0.25, 0.3) is 11.4 Å². The summed E-state index contributed by atoms with van der Waals surface area (Å²) in [7, 11) is 0. The van der Waals surface area contributed by atoms with Gasteiger partial charge in [0, 0.05) is 17.8 Å². The van der Waals surface area contributed by atoms with E-state index in [-0.39, 0.29) is 17.1 Å². The van der Waals surface area contributed by atoms with Crippen molar-refractivity contribution in [2.24, 2.45) is 5.41 Å². The topological polar surface area (TPSA) is 71.3 Å². The quantitative estimate of drug-likeness (QED) is 0.903. The molecule has 0 spiro atoms. The molecule has 2 bridgehead atoms. The number of halogens is 3. The minimum Gasteiger partial charge on any atom is -0.329 e. The fourth-order valence-corrected chi connectivity index (χ4v) is 3.72. The van der Waals surface area contributed by atoms with Crippen LogP contribution in [-0.4, -0.2) is 40.6 Å². The SMILES string of the molecule is O=C(Nc1ccc(-c2noc(C(F)(F)F)n2)cc1)C12CCCN(CC1)C2. The zero-order valence-electron chi connectivity index (χ0n) is 13.8. The fourth-order valence-electron chi connectivity index (χ4n) is 3.72. The van der Waals surface area contributed by atoms with Crippen LogP contribution in [0.15, 0.2) is 28.8 Å². The van der Waals surface area contributed by atoms with E-state index in [0.717, 1.165) is 38.9 Å². The van der Waals surface area contributed by atoms with Gasteiger partial charge in [0.05, 0.1) is 5.41 Å². The summed E-state index contributed by atoms with van der Waals surface area (Å²) >= 11 is 0. The second-order valence-electron chi connectivity index (χ2n) is 6.86. The number of hydrogen-bond acceptors (Lipinski definition) is 5. The lowest BCUT2D eigenvalue weighted by Crippen LogP contribution is -2.42. The van der Waals surface area contributed by atoms with Crippen LogP contribution in [0, 0.1) is 5.41 Å². The molecule has 138 valence electrons. The van der Waals surface area contributed by atoms with Crippen molar-refractivity contribution in [3.8, 4) is 11.4 Å². The van der Waals surface area contributed by atoms with Crippen LogP contribution in [0.5, 0.6) is 0 Å². The number of anilines is 1. The number of carbonyl (C=O) groups is 1. The van der Waals surface area contributed by atoms with Crippen LogP contribution in [0.3, 0.4) is 0 Å². The molecule has 1 aromatic carbocycles. The molecule has 2 fully saturated rings. The third kappa shape index (κ3) is 3.07. The van der Waals surface area contributed by atoms with Crippen LogP contribution in [0.4, 0.5) is 18.9 Å². The van der Waals surface area contributed by atoms with E-state index < -0.39 is 12.1 Å². The van der Waals surface area contributed by atoms with E-state index in [2.05, 4.69) is 24.9 Å². The number of amides is 1. The Hall–Kier alpha value is -2.42. The summed E-state index contributed by atoms with van der Waals surface area (Å²) in [6.45, 7) is 2.79. The van der Waals surface area contributed by atoms with Crippen molar-refractivity contribution in [1.29, 1.82) is 0 Å². The van der Waals surface area contributed by atoms with Crippen molar-refractivity contribution in [3.05, 3.63) is 30.2 Å². The maximum atomic E-state index is 12.7. The molecular weight excluding hydrogens is 349 g/mol. The molecule has 9 heteroatoms. The summed E-state index contributed by atoms with van der Waals surface area (Å²) in [5, 5.41) is 6.28. The molecule has 2 atom stereocenters. The maximum absolute atomic E-state index is 12.7. The lowest BCUT2D eigenvalue weighted by molar-refractivity contribution is -0.159. The van der Waals surface area contributed by atoms with Gasteiger partial charge in [0.15, 0.2) is 0 Å². The number of hydrogen-bond donors (Lipinski definition) is 1. The molecule has 3 heterocycles. The zero-order chi connectivity index (χ0) is 18.4. The van der Waals surface area contributed by atoms with E-state index in [1.807, 2.05) is 0 Å².